The molecule has 0 saturated heterocycles. The normalized spacial score (nSPS) is 12.7. The van der Waals surface area contributed by atoms with Crippen molar-refractivity contribution in [2.24, 2.45) is 0 Å². The molecule has 0 radical (unpaired) electrons. The van der Waals surface area contributed by atoms with E-state index in [0.717, 1.165) is 22.7 Å². The van der Waals surface area contributed by atoms with Crippen molar-refractivity contribution >= 4 is 34.5 Å². The molecule has 2 nitrogen and oxygen atoms in total. The van der Waals surface area contributed by atoms with Crippen LogP contribution in [0.2, 0.25) is 10.0 Å². The lowest BCUT2D eigenvalue weighted by atomic mass is 10.0. The number of likely N-dealkylation sites (N-methyl/N-ethyl adjacent to an activating group) is 1. The lowest BCUT2D eigenvalue weighted by Crippen LogP contribution is -2.18. The van der Waals surface area contributed by atoms with E-state index < -0.39 is 0 Å². The molecule has 2 aromatic rings. The number of thiazole rings is 1. The quantitative estimate of drug-likeness (QED) is 0.894. The van der Waals surface area contributed by atoms with Crippen molar-refractivity contribution in [1.82, 2.24) is 10.3 Å². The van der Waals surface area contributed by atoms with Gasteiger partial charge in [-0.2, -0.15) is 0 Å². The molecule has 0 saturated carbocycles. The van der Waals surface area contributed by atoms with Gasteiger partial charge in [0.1, 0.15) is 0 Å². The highest BCUT2D eigenvalue weighted by Gasteiger charge is 2.14. The predicted molar refractivity (Wildman–Crippen MR) is 83.6 cm³/mol. The Kier molecular flexibility index (Phi) is 4.85. The first-order valence-corrected chi connectivity index (χ1v) is 7.63. The number of rotatable bonds is 4. The molecule has 1 aromatic carbocycles. The molecule has 102 valence electrons. The highest BCUT2D eigenvalue weighted by molar-refractivity contribution is 7.11. The maximum Gasteiger partial charge on any atom is 0.0949 e. The van der Waals surface area contributed by atoms with Gasteiger partial charge in [-0.25, -0.2) is 4.98 Å². The molecular weight excluding hydrogens is 299 g/mol. The molecule has 5 heteroatoms. The van der Waals surface area contributed by atoms with Crippen molar-refractivity contribution in [1.29, 1.82) is 0 Å². The molecule has 0 fully saturated rings. The summed E-state index contributed by atoms with van der Waals surface area (Å²) in [6.07, 6.45) is 0.855. The Morgan fingerprint density at radius 2 is 2.00 bits per heavy atom. The zero-order valence-corrected chi connectivity index (χ0v) is 13.5. The van der Waals surface area contributed by atoms with Gasteiger partial charge in [-0.1, -0.05) is 29.3 Å². The molecule has 1 unspecified atom stereocenters. The van der Waals surface area contributed by atoms with Crippen molar-refractivity contribution < 1.29 is 0 Å². The van der Waals surface area contributed by atoms with Crippen LogP contribution in [0.5, 0.6) is 0 Å². The summed E-state index contributed by atoms with van der Waals surface area (Å²) in [5.74, 6) is 0. The van der Waals surface area contributed by atoms with Gasteiger partial charge in [0.25, 0.3) is 0 Å². The van der Waals surface area contributed by atoms with Crippen LogP contribution in [0.15, 0.2) is 18.2 Å². The minimum atomic E-state index is 0.194. The Morgan fingerprint density at radius 1 is 1.26 bits per heavy atom. The molecule has 1 atom stereocenters. The van der Waals surface area contributed by atoms with Gasteiger partial charge in [-0.15, -0.1) is 11.3 Å². The third-order valence-corrected chi connectivity index (χ3v) is 4.98. The summed E-state index contributed by atoms with van der Waals surface area (Å²) in [7, 11) is 1.94. The van der Waals surface area contributed by atoms with Crippen molar-refractivity contribution in [3.8, 4) is 0 Å². The van der Waals surface area contributed by atoms with E-state index >= 15 is 0 Å². The zero-order valence-electron chi connectivity index (χ0n) is 11.1. The van der Waals surface area contributed by atoms with Crippen LogP contribution in [-0.4, -0.2) is 12.0 Å². The van der Waals surface area contributed by atoms with Crippen LogP contribution in [0.3, 0.4) is 0 Å². The molecule has 0 amide bonds. The maximum absolute atomic E-state index is 6.07. The molecule has 0 aliphatic rings. The third-order valence-electron chi connectivity index (χ3n) is 3.15. The van der Waals surface area contributed by atoms with Gasteiger partial charge in [-0.05, 0) is 38.6 Å². The van der Waals surface area contributed by atoms with Crippen LogP contribution in [0, 0.1) is 13.8 Å². The van der Waals surface area contributed by atoms with Crippen LogP contribution in [0.4, 0.5) is 0 Å². The summed E-state index contributed by atoms with van der Waals surface area (Å²) in [6, 6.07) is 5.95. The first-order chi connectivity index (χ1) is 9.01. The van der Waals surface area contributed by atoms with E-state index in [1.165, 1.54) is 4.88 Å². The average Bonchev–Trinajstić information content (AvgIpc) is 2.69. The van der Waals surface area contributed by atoms with E-state index in [0.29, 0.717) is 10.0 Å². The first-order valence-electron chi connectivity index (χ1n) is 6.06. The average molecular weight is 315 g/mol. The highest BCUT2D eigenvalue weighted by Crippen LogP contribution is 2.28. The van der Waals surface area contributed by atoms with Crippen LogP contribution in [0.25, 0.3) is 0 Å². The van der Waals surface area contributed by atoms with Gasteiger partial charge >= 0.3 is 0 Å². The number of aryl methyl sites for hydroxylation is 2. The van der Waals surface area contributed by atoms with Crippen LogP contribution in [0.1, 0.15) is 27.2 Å². The predicted octanol–water partition coefficient (Wildman–Crippen LogP) is 4.57. The molecule has 0 bridgehead atoms. The lowest BCUT2D eigenvalue weighted by Gasteiger charge is -2.16. The number of hydrogen-bond donors (Lipinski definition) is 1. The largest absolute Gasteiger partial charge is 0.313 e. The smallest absolute Gasteiger partial charge is 0.0949 e. The van der Waals surface area contributed by atoms with Crippen LogP contribution in [-0.2, 0) is 6.42 Å². The summed E-state index contributed by atoms with van der Waals surface area (Å²) < 4.78 is 0. The second kappa shape index (κ2) is 6.23. The van der Waals surface area contributed by atoms with E-state index in [9.17, 15) is 0 Å². The molecule has 0 aliphatic carbocycles. The Bertz CT molecular complexity index is 561. The van der Waals surface area contributed by atoms with E-state index in [2.05, 4.69) is 17.2 Å². The van der Waals surface area contributed by atoms with Gasteiger partial charge < -0.3 is 5.32 Å². The molecule has 1 heterocycles. The highest BCUT2D eigenvalue weighted by atomic mass is 35.5. The first kappa shape index (κ1) is 14.8. The molecule has 1 N–H and O–H groups in total. The Labute approximate surface area is 127 Å². The summed E-state index contributed by atoms with van der Waals surface area (Å²) in [5.41, 5.74) is 2.24. The van der Waals surface area contributed by atoms with Crippen molar-refractivity contribution in [2.45, 2.75) is 26.3 Å². The number of aromatic nitrogens is 1. The lowest BCUT2D eigenvalue weighted by molar-refractivity contribution is 0.590. The van der Waals surface area contributed by atoms with Crippen LogP contribution >= 0.6 is 34.5 Å². The van der Waals surface area contributed by atoms with Gasteiger partial charge in [0.05, 0.1) is 20.7 Å². The molecule has 19 heavy (non-hydrogen) atoms. The van der Waals surface area contributed by atoms with Crippen LogP contribution < -0.4 is 5.32 Å². The fourth-order valence-electron chi connectivity index (χ4n) is 1.92. The third kappa shape index (κ3) is 3.48. The second-order valence-corrected chi connectivity index (χ2v) is 6.57. The second-order valence-electron chi connectivity index (χ2n) is 4.47. The van der Waals surface area contributed by atoms with Gasteiger partial charge in [0.15, 0.2) is 0 Å². The minimum absolute atomic E-state index is 0.194. The standard InChI is InChI=1S/C14H16Cl2N2S/c1-8-9(2)19-14(18-8)7-13(17-3)10-4-5-11(15)12(16)6-10/h4-6,13,17H,7H2,1-3H3. The number of halogens is 2. The summed E-state index contributed by atoms with van der Waals surface area (Å²) >= 11 is 13.8. The SMILES string of the molecule is CNC(Cc1nc(C)c(C)s1)c1ccc(Cl)c(Cl)c1. The topological polar surface area (TPSA) is 24.9 Å². The number of hydrogen-bond acceptors (Lipinski definition) is 3. The minimum Gasteiger partial charge on any atom is -0.313 e. The number of nitrogens with one attached hydrogen (secondary N) is 1. The fourth-order valence-corrected chi connectivity index (χ4v) is 3.20. The number of nitrogens with zero attached hydrogens (tertiary/aromatic N) is 1. The van der Waals surface area contributed by atoms with Gasteiger partial charge in [0.2, 0.25) is 0 Å². The van der Waals surface area contributed by atoms with E-state index in [-0.39, 0.29) is 6.04 Å². The summed E-state index contributed by atoms with van der Waals surface area (Å²) in [4.78, 5) is 5.86. The molecular formula is C14H16Cl2N2S. The van der Waals surface area contributed by atoms with E-state index in [1.807, 2.05) is 32.2 Å². The van der Waals surface area contributed by atoms with Crippen molar-refractivity contribution in [3.05, 3.63) is 49.4 Å². The monoisotopic (exact) mass is 314 g/mol. The number of benzene rings is 1. The zero-order chi connectivity index (χ0) is 14.0. The van der Waals surface area contributed by atoms with E-state index in [4.69, 9.17) is 23.2 Å². The van der Waals surface area contributed by atoms with Crippen molar-refractivity contribution in [3.63, 3.8) is 0 Å². The Balaban J connectivity index is 2.22. The van der Waals surface area contributed by atoms with Gasteiger partial charge in [0, 0.05) is 17.3 Å². The molecule has 0 spiro atoms. The Hall–Kier alpha value is -0.610. The fraction of sp³-hybridized carbons (Fsp3) is 0.357. The van der Waals surface area contributed by atoms with E-state index in [1.54, 1.807) is 11.3 Å². The molecule has 0 aliphatic heterocycles. The maximum atomic E-state index is 6.07. The molecule has 1 aromatic heterocycles. The summed E-state index contributed by atoms with van der Waals surface area (Å²) in [6.45, 7) is 4.15. The molecule has 2 rings (SSSR count). The summed E-state index contributed by atoms with van der Waals surface area (Å²) in [5, 5.41) is 5.62. The Morgan fingerprint density at radius 3 is 2.53 bits per heavy atom. The van der Waals surface area contributed by atoms with Crippen molar-refractivity contribution in [2.75, 3.05) is 7.05 Å². The van der Waals surface area contributed by atoms with Gasteiger partial charge in [-0.3, -0.25) is 0 Å².